The van der Waals surface area contributed by atoms with Gasteiger partial charge in [0.25, 0.3) is 0 Å². The highest BCUT2D eigenvalue weighted by atomic mass is 16.5. The molecule has 0 atom stereocenters. The molecule has 0 heterocycles. The molecule has 0 fully saturated rings. The van der Waals surface area contributed by atoms with E-state index in [4.69, 9.17) is 4.74 Å². The van der Waals surface area contributed by atoms with Crippen LogP contribution in [0.1, 0.15) is 130 Å². The van der Waals surface area contributed by atoms with E-state index in [0.717, 1.165) is 32.5 Å². The summed E-state index contributed by atoms with van der Waals surface area (Å²) in [4.78, 5) is 14.1. The van der Waals surface area contributed by atoms with Crippen molar-refractivity contribution in [2.75, 3.05) is 26.2 Å². The second kappa shape index (κ2) is 22.7. The van der Waals surface area contributed by atoms with Crippen LogP contribution in [-0.4, -0.2) is 37.1 Å². The number of carbonyl (C=O) groups excluding carboxylic acids is 1. The summed E-state index contributed by atoms with van der Waals surface area (Å²) in [6.45, 7) is 10.3. The Balaban J connectivity index is 3.18. The molecule has 0 rings (SSSR count). The first-order valence-electron chi connectivity index (χ1n) is 12.6. The Labute approximate surface area is 177 Å². The van der Waals surface area contributed by atoms with Crippen molar-refractivity contribution in [3.8, 4) is 0 Å². The summed E-state index contributed by atoms with van der Waals surface area (Å²) in [7, 11) is 0. The van der Waals surface area contributed by atoms with Crippen LogP contribution in [0.15, 0.2) is 0 Å². The van der Waals surface area contributed by atoms with E-state index >= 15 is 0 Å². The number of esters is 1. The molecule has 28 heavy (non-hydrogen) atoms. The molecular formula is C25H51NO2. The molecule has 0 aliphatic heterocycles. The van der Waals surface area contributed by atoms with Gasteiger partial charge >= 0.3 is 5.97 Å². The van der Waals surface area contributed by atoms with E-state index in [1.807, 2.05) is 0 Å². The molecule has 0 N–H and O–H groups in total. The number of hydrogen-bond donors (Lipinski definition) is 0. The highest BCUT2D eigenvalue weighted by molar-refractivity contribution is 5.69. The number of unbranched alkanes of at least 4 members (excludes halogenated alkanes) is 14. The molecule has 0 saturated heterocycles. The zero-order chi connectivity index (χ0) is 20.7. The Bertz CT molecular complexity index is 316. The van der Waals surface area contributed by atoms with Crippen LogP contribution in [0.2, 0.25) is 0 Å². The van der Waals surface area contributed by atoms with Gasteiger partial charge in [0.15, 0.2) is 0 Å². The molecule has 168 valence electrons. The van der Waals surface area contributed by atoms with Gasteiger partial charge in [0.05, 0.1) is 6.61 Å². The van der Waals surface area contributed by atoms with Gasteiger partial charge in [0.1, 0.15) is 0 Å². The normalized spacial score (nSPS) is 11.3. The lowest BCUT2D eigenvalue weighted by molar-refractivity contribution is -0.143. The fraction of sp³-hybridized carbons (Fsp3) is 0.960. The van der Waals surface area contributed by atoms with Gasteiger partial charge in [-0.15, -0.1) is 0 Å². The van der Waals surface area contributed by atoms with Crippen molar-refractivity contribution in [3.63, 3.8) is 0 Å². The average Bonchev–Trinajstić information content (AvgIpc) is 2.71. The molecular weight excluding hydrogens is 346 g/mol. The number of nitrogens with zero attached hydrogens (tertiary/aromatic N) is 1. The predicted molar refractivity (Wildman–Crippen MR) is 123 cm³/mol. The van der Waals surface area contributed by atoms with Gasteiger partial charge < -0.3 is 9.64 Å². The molecule has 0 aliphatic carbocycles. The number of ether oxygens (including phenoxy) is 1. The van der Waals surface area contributed by atoms with E-state index in [1.54, 1.807) is 0 Å². The number of hydrogen-bond acceptors (Lipinski definition) is 3. The summed E-state index contributed by atoms with van der Waals surface area (Å²) in [6, 6.07) is 0. The highest BCUT2D eigenvalue weighted by Gasteiger charge is 2.05. The van der Waals surface area contributed by atoms with Crippen molar-refractivity contribution in [1.82, 2.24) is 4.90 Å². The second-order valence-electron chi connectivity index (χ2n) is 8.30. The fourth-order valence-electron chi connectivity index (χ4n) is 3.72. The lowest BCUT2D eigenvalue weighted by Gasteiger charge is -2.17. The van der Waals surface area contributed by atoms with Crippen molar-refractivity contribution < 1.29 is 9.53 Å². The molecule has 0 radical (unpaired) electrons. The maximum absolute atomic E-state index is 11.7. The first-order chi connectivity index (χ1) is 13.7. The van der Waals surface area contributed by atoms with E-state index in [0.29, 0.717) is 13.0 Å². The van der Waals surface area contributed by atoms with Crippen molar-refractivity contribution >= 4 is 5.97 Å². The Morgan fingerprint density at radius 3 is 1.46 bits per heavy atom. The summed E-state index contributed by atoms with van der Waals surface area (Å²) in [6.07, 6.45) is 21.9. The standard InChI is InChI=1S/C25H51NO2/c1-4-7-8-9-10-11-12-13-14-15-16-17-18-19-20-24-28-25(27)22-21-23-26(5-2)6-3/h4-24H2,1-3H3. The maximum atomic E-state index is 11.7. The zero-order valence-electron chi connectivity index (χ0n) is 19.6. The quantitative estimate of drug-likeness (QED) is 0.140. The van der Waals surface area contributed by atoms with Gasteiger partial charge in [0, 0.05) is 6.42 Å². The molecule has 0 aliphatic rings. The van der Waals surface area contributed by atoms with Crippen molar-refractivity contribution in [3.05, 3.63) is 0 Å². The van der Waals surface area contributed by atoms with Crippen LogP contribution in [0, 0.1) is 0 Å². The van der Waals surface area contributed by atoms with Crippen LogP contribution >= 0.6 is 0 Å². The predicted octanol–water partition coefficient (Wildman–Crippen LogP) is 7.52. The van der Waals surface area contributed by atoms with Crippen LogP contribution in [0.4, 0.5) is 0 Å². The number of carbonyl (C=O) groups is 1. The molecule has 0 spiro atoms. The lowest BCUT2D eigenvalue weighted by atomic mass is 10.0. The summed E-state index contributed by atoms with van der Waals surface area (Å²) in [5, 5.41) is 0. The number of rotatable bonds is 22. The Hall–Kier alpha value is -0.570. The lowest BCUT2D eigenvalue weighted by Crippen LogP contribution is -2.24. The fourth-order valence-corrected chi connectivity index (χ4v) is 3.72. The third-order valence-corrected chi connectivity index (χ3v) is 5.76. The van der Waals surface area contributed by atoms with Gasteiger partial charge in [-0.3, -0.25) is 4.79 Å². The maximum Gasteiger partial charge on any atom is 0.305 e. The Morgan fingerprint density at radius 2 is 1.04 bits per heavy atom. The molecule has 0 aromatic carbocycles. The Kier molecular flexibility index (Phi) is 22.3. The van der Waals surface area contributed by atoms with Crippen LogP contribution < -0.4 is 0 Å². The van der Waals surface area contributed by atoms with E-state index in [2.05, 4.69) is 25.7 Å². The summed E-state index contributed by atoms with van der Waals surface area (Å²) in [5.41, 5.74) is 0. The molecule has 0 aromatic rings. The highest BCUT2D eigenvalue weighted by Crippen LogP contribution is 2.13. The van der Waals surface area contributed by atoms with E-state index in [-0.39, 0.29) is 5.97 Å². The van der Waals surface area contributed by atoms with Crippen molar-refractivity contribution in [2.45, 2.75) is 130 Å². The minimum Gasteiger partial charge on any atom is -0.466 e. The van der Waals surface area contributed by atoms with Gasteiger partial charge in [0.2, 0.25) is 0 Å². The average molecular weight is 398 g/mol. The topological polar surface area (TPSA) is 29.5 Å². The minimum absolute atomic E-state index is 0.0162. The first-order valence-corrected chi connectivity index (χ1v) is 12.6. The smallest absolute Gasteiger partial charge is 0.305 e. The van der Waals surface area contributed by atoms with Crippen LogP contribution in [0.5, 0.6) is 0 Å². The van der Waals surface area contributed by atoms with Gasteiger partial charge in [-0.25, -0.2) is 0 Å². The van der Waals surface area contributed by atoms with Crippen LogP contribution in [0.25, 0.3) is 0 Å². The van der Waals surface area contributed by atoms with E-state index in [9.17, 15) is 4.79 Å². The van der Waals surface area contributed by atoms with Gasteiger partial charge in [-0.2, -0.15) is 0 Å². The molecule has 0 unspecified atom stereocenters. The zero-order valence-corrected chi connectivity index (χ0v) is 19.6. The SMILES string of the molecule is CCCCCCCCCCCCCCCCCOC(=O)CCCN(CC)CC. The first kappa shape index (κ1) is 27.4. The van der Waals surface area contributed by atoms with Gasteiger partial charge in [-0.05, 0) is 32.5 Å². The summed E-state index contributed by atoms with van der Waals surface area (Å²) >= 11 is 0. The largest absolute Gasteiger partial charge is 0.466 e. The van der Waals surface area contributed by atoms with E-state index < -0.39 is 0 Å². The summed E-state index contributed by atoms with van der Waals surface area (Å²) < 4.78 is 5.35. The molecule has 3 heteroatoms. The second-order valence-corrected chi connectivity index (χ2v) is 8.30. The van der Waals surface area contributed by atoms with Crippen molar-refractivity contribution in [1.29, 1.82) is 0 Å². The third-order valence-electron chi connectivity index (χ3n) is 5.76. The summed E-state index contributed by atoms with van der Waals surface area (Å²) in [5.74, 6) is -0.0162. The van der Waals surface area contributed by atoms with Crippen LogP contribution in [-0.2, 0) is 9.53 Å². The Morgan fingerprint density at radius 1 is 0.607 bits per heavy atom. The molecule has 0 bridgehead atoms. The van der Waals surface area contributed by atoms with Crippen LogP contribution in [0.3, 0.4) is 0 Å². The van der Waals surface area contributed by atoms with E-state index in [1.165, 1.54) is 89.9 Å². The van der Waals surface area contributed by atoms with Gasteiger partial charge in [-0.1, -0.05) is 111 Å². The molecule has 0 aromatic heterocycles. The third kappa shape index (κ3) is 20.2. The minimum atomic E-state index is -0.0162. The van der Waals surface area contributed by atoms with Crippen molar-refractivity contribution in [2.24, 2.45) is 0 Å². The monoisotopic (exact) mass is 397 g/mol. The molecule has 0 saturated carbocycles. The molecule has 3 nitrogen and oxygen atoms in total. The molecule has 0 amide bonds.